The predicted molar refractivity (Wildman–Crippen MR) is 234 cm³/mol. The summed E-state index contributed by atoms with van der Waals surface area (Å²) in [7, 11) is 0.625. The fourth-order valence-electron chi connectivity index (χ4n) is 5.11. The highest BCUT2D eigenvalue weighted by atomic mass is 79.9. The molecule has 1 radical (unpaired) electrons. The van der Waals surface area contributed by atoms with Crippen LogP contribution in [-0.2, 0) is 43.3 Å². The van der Waals surface area contributed by atoms with Crippen LogP contribution in [0.5, 0.6) is 0 Å². The summed E-state index contributed by atoms with van der Waals surface area (Å²) in [4.78, 5) is 8.65. The number of pyridine rings is 2. The number of aliphatic hydroxyl groups is 2. The van der Waals surface area contributed by atoms with Crippen LogP contribution < -0.4 is 0 Å². The van der Waals surface area contributed by atoms with Gasteiger partial charge in [0.25, 0.3) is 0 Å². The summed E-state index contributed by atoms with van der Waals surface area (Å²) in [6, 6.07) is 28.2. The van der Waals surface area contributed by atoms with Crippen LogP contribution in [0.3, 0.4) is 0 Å². The molecule has 1 saturated heterocycles. The third-order valence-corrected chi connectivity index (χ3v) is 8.53. The Morgan fingerprint density at radius 3 is 1.69 bits per heavy atom. The number of halogens is 4. The molecule has 0 aliphatic carbocycles. The van der Waals surface area contributed by atoms with Crippen molar-refractivity contribution in [3.05, 3.63) is 142 Å². The van der Waals surface area contributed by atoms with Crippen molar-refractivity contribution in [3.63, 3.8) is 0 Å². The Bertz CT molecular complexity index is 1640. The van der Waals surface area contributed by atoms with E-state index >= 15 is 0 Å². The topological polar surface area (TPSA) is 116 Å². The summed E-state index contributed by atoms with van der Waals surface area (Å²) >= 11 is 3.31. The fraction of sp³-hybridized carbons (Fsp3) is 0.422. The van der Waals surface area contributed by atoms with E-state index < -0.39 is 6.10 Å². The third kappa shape index (κ3) is 25.5. The monoisotopic (exact) mass is 887 g/mol. The minimum atomic E-state index is -0.547. The van der Waals surface area contributed by atoms with E-state index in [0.717, 1.165) is 67.3 Å². The van der Waals surface area contributed by atoms with Gasteiger partial charge in [0.2, 0.25) is 0 Å². The number of rotatable bonds is 13. The molecule has 0 spiro atoms. The fourth-order valence-corrected chi connectivity index (χ4v) is 5.35. The molecule has 2 atom stereocenters. The average molecular weight is 889 g/mol. The van der Waals surface area contributed by atoms with Crippen molar-refractivity contribution in [3.8, 4) is 0 Å². The highest BCUT2D eigenvalue weighted by Gasteiger charge is 2.22. The van der Waals surface area contributed by atoms with Gasteiger partial charge in [-0.3, -0.25) is 4.98 Å². The van der Waals surface area contributed by atoms with Crippen molar-refractivity contribution in [1.82, 2.24) is 9.97 Å². The highest BCUT2D eigenvalue weighted by Crippen LogP contribution is 2.22. The number of aromatic nitrogens is 2. The lowest BCUT2D eigenvalue weighted by Crippen LogP contribution is -2.18. The molecule has 9 nitrogen and oxygen atoms in total. The first-order valence-corrected chi connectivity index (χ1v) is 20.1. The van der Waals surface area contributed by atoms with E-state index in [9.17, 15) is 9.42 Å². The third-order valence-electron chi connectivity index (χ3n) is 8.06. The molecule has 0 amide bonds. The van der Waals surface area contributed by atoms with Crippen LogP contribution in [0.4, 0.5) is 13.5 Å². The first-order valence-electron chi connectivity index (χ1n) is 19.3. The lowest BCUT2D eigenvalue weighted by molar-refractivity contribution is 0.0284. The van der Waals surface area contributed by atoms with Gasteiger partial charge in [0.1, 0.15) is 10.7 Å². The highest BCUT2D eigenvalue weighted by molar-refractivity contribution is 9.10. The summed E-state index contributed by atoms with van der Waals surface area (Å²) < 4.78 is 54.0. The Morgan fingerprint density at radius 2 is 1.29 bits per heavy atom. The zero-order chi connectivity index (χ0) is 42.1. The van der Waals surface area contributed by atoms with Crippen molar-refractivity contribution >= 4 is 34.6 Å². The predicted octanol–water partition coefficient (Wildman–Crippen LogP) is 9.74. The maximum Gasteiger partial charge on any atom is 0.354 e. The van der Waals surface area contributed by atoms with Gasteiger partial charge in [-0.1, -0.05) is 99.3 Å². The Hall–Kier alpha value is -3.73. The van der Waals surface area contributed by atoms with E-state index in [1.807, 2.05) is 73.1 Å². The van der Waals surface area contributed by atoms with E-state index in [1.165, 1.54) is 22.3 Å². The van der Waals surface area contributed by atoms with Crippen LogP contribution in [0, 0.1) is 0 Å². The number of hydrogen-bond acceptors (Lipinski definition) is 9. The van der Waals surface area contributed by atoms with Crippen LogP contribution in [0.2, 0.25) is 6.32 Å². The Balaban J connectivity index is 0.000000422. The first-order chi connectivity index (χ1) is 28.4. The summed E-state index contributed by atoms with van der Waals surface area (Å²) in [5, 5.41) is 17.7. The lowest BCUT2D eigenvalue weighted by atomic mass is 10.0. The zero-order valence-corrected chi connectivity index (χ0v) is 35.0. The summed E-state index contributed by atoms with van der Waals surface area (Å²) in [6.07, 6.45) is 10.8. The van der Waals surface area contributed by atoms with Crippen molar-refractivity contribution in [1.29, 1.82) is 0 Å². The van der Waals surface area contributed by atoms with Crippen LogP contribution in [0.15, 0.2) is 114 Å². The molecule has 2 aromatic carbocycles. The van der Waals surface area contributed by atoms with Crippen LogP contribution >= 0.6 is 15.9 Å². The SMILES string of the molecule is Brc1ccc(C2=CCOCC2)cn1.C.CCO.CC[B]F.FF.O[C@@H](COCc1ccccc1)Cc1ccc(C2=CCOCC2)cn1.c1ccc(COCC2CO2)cc1. The molecule has 1 fully saturated rings. The van der Waals surface area contributed by atoms with E-state index in [0.29, 0.717) is 52.8 Å². The minimum absolute atomic E-state index is 0. The maximum atomic E-state index is 10.6. The number of hydrogen-bond donors (Lipinski definition) is 2. The van der Waals surface area contributed by atoms with E-state index in [4.69, 9.17) is 37.9 Å². The normalized spacial score (nSPS) is 15.2. The van der Waals surface area contributed by atoms with E-state index in [-0.39, 0.29) is 14.0 Å². The average Bonchev–Trinajstić information content (AvgIpc) is 4.12. The number of benzene rings is 2. The standard InChI is InChI=1S/C20H23NO3.C10H10BrNO.C10H12O2.C2H5BF.C2H6O.CH4.F2/c22-20(15-24-14-16-4-2-1-3-5-16)12-19-7-6-18(13-21-19)17-8-10-23-11-9-17;11-10-2-1-9(7-12-10)8-3-5-13-6-4-8;1-2-4-9(5-3-1)6-11-7-10-8-12-10;1-2-3-4;1-2-3;;1-2/h1-8,13,20,22H,9-12,14-15H2;1-3,7H,4-6H2;1-5,10H,6-8H2;2H2,1H3;3H,2H2,1H3;1H4;/t20-;;;;;;/m1....../s1. The second kappa shape index (κ2) is 35.1. The summed E-state index contributed by atoms with van der Waals surface area (Å²) in [5.74, 6) is 0. The molecule has 2 N–H and O–H groups in total. The molecule has 1 unspecified atom stereocenters. The summed E-state index contributed by atoms with van der Waals surface area (Å²) in [6.45, 7) is 9.79. The van der Waals surface area contributed by atoms with Crippen LogP contribution in [0.25, 0.3) is 11.1 Å². The molecule has 3 aliphatic heterocycles. The molecule has 0 bridgehead atoms. The molecule has 4 aromatic rings. The van der Waals surface area contributed by atoms with Gasteiger partial charge in [0, 0.05) is 40.3 Å². The minimum Gasteiger partial charge on any atom is -0.397 e. The summed E-state index contributed by atoms with van der Waals surface area (Å²) in [5.41, 5.74) is 8.17. The van der Waals surface area contributed by atoms with Gasteiger partial charge in [-0.05, 0) is 87.5 Å². The quantitative estimate of drug-likeness (QED) is 0.0770. The molecular weight excluding hydrogens is 828 g/mol. The van der Waals surface area contributed by atoms with Gasteiger partial charge in [0.05, 0.1) is 65.6 Å². The van der Waals surface area contributed by atoms with Gasteiger partial charge in [-0.25, -0.2) is 4.98 Å². The largest absolute Gasteiger partial charge is 0.397 e. The smallest absolute Gasteiger partial charge is 0.354 e. The van der Waals surface area contributed by atoms with Gasteiger partial charge < -0.3 is 38.2 Å². The number of aliphatic hydroxyl groups excluding tert-OH is 2. The van der Waals surface area contributed by atoms with Crippen molar-refractivity contribution in [2.45, 2.75) is 72.3 Å². The number of ether oxygens (including phenoxy) is 5. The Kier molecular flexibility index (Phi) is 31.7. The molecule has 323 valence electrons. The first kappa shape index (κ1) is 53.3. The molecular formula is C45H60BBrF3N2O7. The zero-order valence-electron chi connectivity index (χ0n) is 33.4. The molecule has 0 saturated carbocycles. The van der Waals surface area contributed by atoms with Crippen molar-refractivity contribution < 1.29 is 47.4 Å². The molecule has 2 aromatic heterocycles. The van der Waals surface area contributed by atoms with Gasteiger partial charge in [-0.2, -0.15) is 0 Å². The van der Waals surface area contributed by atoms with E-state index in [2.05, 4.69) is 62.3 Å². The van der Waals surface area contributed by atoms with Crippen molar-refractivity contribution in [2.75, 3.05) is 52.9 Å². The second-order valence-corrected chi connectivity index (χ2v) is 13.5. The molecule has 3 aliphatic rings. The lowest BCUT2D eigenvalue weighted by Gasteiger charge is -2.14. The molecule has 59 heavy (non-hydrogen) atoms. The Labute approximate surface area is 357 Å². The van der Waals surface area contributed by atoms with Crippen molar-refractivity contribution in [2.24, 2.45) is 0 Å². The Morgan fingerprint density at radius 1 is 0.797 bits per heavy atom. The van der Waals surface area contributed by atoms with Gasteiger partial charge in [0.15, 0.2) is 0 Å². The molecule has 14 heteroatoms. The van der Waals surface area contributed by atoms with Crippen LogP contribution in [-0.4, -0.2) is 92.8 Å². The second-order valence-electron chi connectivity index (χ2n) is 12.7. The number of nitrogens with zero attached hydrogens (tertiary/aromatic N) is 2. The van der Waals surface area contributed by atoms with E-state index in [1.54, 1.807) is 13.8 Å². The number of epoxide rings is 1. The van der Waals surface area contributed by atoms with Gasteiger partial charge in [-0.15, -0.1) is 0 Å². The van der Waals surface area contributed by atoms with Crippen LogP contribution in [0.1, 0.15) is 62.1 Å². The molecule has 5 heterocycles. The molecule has 7 rings (SSSR count). The van der Waals surface area contributed by atoms with Gasteiger partial charge >= 0.3 is 7.56 Å². The maximum absolute atomic E-state index is 10.6.